The fraction of sp³-hybridized carbons (Fsp3) is 0.0714. The summed E-state index contributed by atoms with van der Waals surface area (Å²) in [5.74, 6) is 1.03. The first-order chi connectivity index (χ1) is 9.24. The number of nitrogens with two attached hydrogens (primary N) is 1. The molecule has 94 valence electrons. The molecule has 0 saturated heterocycles. The molecule has 0 amide bonds. The molecular formula is C14H12N4O. The molecule has 0 spiro atoms. The number of nitrogen functional groups attached to an aromatic ring is 1. The summed E-state index contributed by atoms with van der Waals surface area (Å²) in [7, 11) is 0. The lowest BCUT2D eigenvalue weighted by Gasteiger charge is -2.06. The van der Waals surface area contributed by atoms with E-state index in [-0.39, 0.29) is 0 Å². The van der Waals surface area contributed by atoms with Crippen molar-refractivity contribution >= 4 is 5.69 Å². The zero-order valence-corrected chi connectivity index (χ0v) is 10.4. The lowest BCUT2D eigenvalue weighted by molar-refractivity contribution is 0.533. The van der Waals surface area contributed by atoms with Crippen molar-refractivity contribution in [1.29, 1.82) is 0 Å². The Labute approximate surface area is 110 Å². The molecule has 5 heteroatoms. The number of nitrogens with zero attached hydrogens (tertiary/aromatic N) is 3. The van der Waals surface area contributed by atoms with Gasteiger partial charge in [0, 0.05) is 30.4 Å². The highest BCUT2D eigenvalue weighted by molar-refractivity contribution is 5.80. The summed E-state index contributed by atoms with van der Waals surface area (Å²) in [6.07, 6.45) is 3.38. The third-order valence-corrected chi connectivity index (χ3v) is 2.75. The third-order valence-electron chi connectivity index (χ3n) is 2.75. The van der Waals surface area contributed by atoms with E-state index in [1.807, 2.05) is 30.3 Å². The molecule has 5 nitrogen and oxygen atoms in total. The summed E-state index contributed by atoms with van der Waals surface area (Å²) >= 11 is 0. The Kier molecular flexibility index (Phi) is 2.72. The van der Waals surface area contributed by atoms with Gasteiger partial charge in [0.15, 0.2) is 0 Å². The fourth-order valence-electron chi connectivity index (χ4n) is 1.93. The van der Waals surface area contributed by atoms with Gasteiger partial charge >= 0.3 is 0 Å². The second-order valence-corrected chi connectivity index (χ2v) is 4.18. The van der Waals surface area contributed by atoms with Crippen LogP contribution in [0, 0.1) is 6.92 Å². The lowest BCUT2D eigenvalue weighted by Crippen LogP contribution is -1.90. The van der Waals surface area contributed by atoms with Gasteiger partial charge in [0.05, 0.1) is 5.69 Å². The molecule has 3 rings (SSSR count). The van der Waals surface area contributed by atoms with Gasteiger partial charge in [-0.1, -0.05) is 18.2 Å². The summed E-state index contributed by atoms with van der Waals surface area (Å²) in [4.78, 5) is 4.11. The second kappa shape index (κ2) is 4.53. The van der Waals surface area contributed by atoms with E-state index in [0.717, 1.165) is 16.7 Å². The minimum absolute atomic E-state index is 0.496. The number of pyridine rings is 1. The first-order valence-electron chi connectivity index (χ1n) is 5.84. The van der Waals surface area contributed by atoms with E-state index in [1.165, 1.54) is 0 Å². The van der Waals surface area contributed by atoms with E-state index >= 15 is 0 Å². The summed E-state index contributed by atoms with van der Waals surface area (Å²) in [6.45, 7) is 1.77. The average molecular weight is 252 g/mol. The van der Waals surface area contributed by atoms with E-state index in [2.05, 4.69) is 15.2 Å². The van der Waals surface area contributed by atoms with Crippen LogP contribution < -0.4 is 5.73 Å². The number of rotatable bonds is 2. The van der Waals surface area contributed by atoms with Crippen molar-refractivity contribution < 1.29 is 4.42 Å². The van der Waals surface area contributed by atoms with Crippen molar-refractivity contribution in [3.05, 3.63) is 48.6 Å². The van der Waals surface area contributed by atoms with Crippen molar-refractivity contribution in [3.63, 3.8) is 0 Å². The molecule has 0 bridgehead atoms. The monoisotopic (exact) mass is 252 g/mol. The number of aryl methyl sites for hydroxylation is 1. The average Bonchev–Trinajstić information content (AvgIpc) is 2.85. The van der Waals surface area contributed by atoms with Crippen molar-refractivity contribution in [2.45, 2.75) is 6.92 Å². The molecule has 0 aliphatic heterocycles. The smallest absolute Gasteiger partial charge is 0.248 e. The highest BCUT2D eigenvalue weighted by Gasteiger charge is 2.12. The topological polar surface area (TPSA) is 77.8 Å². The maximum Gasteiger partial charge on any atom is 0.248 e. The van der Waals surface area contributed by atoms with E-state index in [4.69, 9.17) is 10.2 Å². The Morgan fingerprint density at radius 1 is 1.05 bits per heavy atom. The van der Waals surface area contributed by atoms with Gasteiger partial charge in [0.25, 0.3) is 0 Å². The summed E-state index contributed by atoms with van der Waals surface area (Å²) in [6, 6.07) is 9.66. The van der Waals surface area contributed by atoms with Crippen LogP contribution in [0.3, 0.4) is 0 Å². The normalized spacial score (nSPS) is 10.6. The van der Waals surface area contributed by atoms with Gasteiger partial charge in [-0.2, -0.15) is 0 Å². The Hall–Kier alpha value is -2.69. The van der Waals surface area contributed by atoms with Crippen LogP contribution in [0.15, 0.2) is 47.1 Å². The Morgan fingerprint density at radius 2 is 1.84 bits per heavy atom. The summed E-state index contributed by atoms with van der Waals surface area (Å²) < 4.78 is 5.49. The maximum atomic E-state index is 5.77. The van der Waals surface area contributed by atoms with Crippen molar-refractivity contribution in [3.8, 4) is 22.6 Å². The molecule has 2 N–H and O–H groups in total. The molecule has 0 atom stereocenters. The van der Waals surface area contributed by atoms with E-state index in [0.29, 0.717) is 17.5 Å². The molecule has 0 unspecified atom stereocenters. The SMILES string of the molecule is Cc1nnc(-c2ccccc2-c2cncc(N)c2)o1. The van der Waals surface area contributed by atoms with E-state index < -0.39 is 0 Å². The van der Waals surface area contributed by atoms with E-state index in [1.54, 1.807) is 19.3 Å². The molecule has 0 aliphatic rings. The van der Waals surface area contributed by atoms with Crippen molar-refractivity contribution in [2.24, 2.45) is 0 Å². The van der Waals surface area contributed by atoms with Crippen LogP contribution >= 0.6 is 0 Å². The summed E-state index contributed by atoms with van der Waals surface area (Å²) in [5.41, 5.74) is 9.15. The predicted molar refractivity (Wildman–Crippen MR) is 72.1 cm³/mol. The van der Waals surface area contributed by atoms with E-state index in [9.17, 15) is 0 Å². The molecule has 2 aromatic heterocycles. The largest absolute Gasteiger partial charge is 0.421 e. The quantitative estimate of drug-likeness (QED) is 0.758. The van der Waals surface area contributed by atoms with Crippen LogP contribution in [0.2, 0.25) is 0 Å². The van der Waals surface area contributed by atoms with Crippen LogP contribution in [0.25, 0.3) is 22.6 Å². The van der Waals surface area contributed by atoms with Gasteiger partial charge < -0.3 is 10.2 Å². The Balaban J connectivity index is 2.17. The van der Waals surface area contributed by atoms with Crippen molar-refractivity contribution in [1.82, 2.24) is 15.2 Å². The van der Waals surface area contributed by atoms with Crippen LogP contribution in [-0.4, -0.2) is 15.2 Å². The molecule has 19 heavy (non-hydrogen) atoms. The number of aromatic nitrogens is 3. The molecule has 0 saturated carbocycles. The number of anilines is 1. The van der Waals surface area contributed by atoms with Gasteiger partial charge in [-0.15, -0.1) is 10.2 Å². The van der Waals surface area contributed by atoms with Crippen LogP contribution in [0.4, 0.5) is 5.69 Å². The Morgan fingerprint density at radius 3 is 2.53 bits per heavy atom. The second-order valence-electron chi connectivity index (χ2n) is 4.18. The van der Waals surface area contributed by atoms with Crippen LogP contribution in [0.5, 0.6) is 0 Å². The number of benzene rings is 1. The van der Waals surface area contributed by atoms with Gasteiger partial charge in [0.1, 0.15) is 0 Å². The van der Waals surface area contributed by atoms with Gasteiger partial charge in [-0.3, -0.25) is 4.98 Å². The van der Waals surface area contributed by atoms with Crippen LogP contribution in [0.1, 0.15) is 5.89 Å². The maximum absolute atomic E-state index is 5.77. The first kappa shape index (κ1) is 11.4. The molecule has 2 heterocycles. The number of hydrogen-bond donors (Lipinski definition) is 1. The predicted octanol–water partition coefficient (Wildman–Crippen LogP) is 2.69. The first-order valence-corrected chi connectivity index (χ1v) is 5.84. The standard InChI is InChI=1S/C14H12N4O/c1-9-17-18-14(19-9)13-5-3-2-4-12(13)10-6-11(15)8-16-7-10/h2-8H,15H2,1H3. The van der Waals surface area contributed by atoms with Gasteiger partial charge in [-0.05, 0) is 17.7 Å². The zero-order valence-electron chi connectivity index (χ0n) is 10.4. The highest BCUT2D eigenvalue weighted by Crippen LogP contribution is 2.31. The molecule has 0 fully saturated rings. The lowest BCUT2D eigenvalue weighted by atomic mass is 10.0. The van der Waals surface area contributed by atoms with Crippen LogP contribution in [-0.2, 0) is 0 Å². The third kappa shape index (κ3) is 2.18. The molecule has 3 aromatic rings. The van der Waals surface area contributed by atoms with Gasteiger partial charge in [0.2, 0.25) is 11.8 Å². The molecule has 0 aliphatic carbocycles. The molecule has 0 radical (unpaired) electrons. The van der Waals surface area contributed by atoms with Gasteiger partial charge in [-0.25, -0.2) is 0 Å². The highest BCUT2D eigenvalue weighted by atomic mass is 16.4. The number of hydrogen-bond acceptors (Lipinski definition) is 5. The minimum atomic E-state index is 0.496. The molecule has 1 aromatic carbocycles. The zero-order chi connectivity index (χ0) is 13.2. The Bertz CT molecular complexity index is 721. The summed E-state index contributed by atoms with van der Waals surface area (Å²) in [5, 5.41) is 7.91. The fourth-order valence-corrected chi connectivity index (χ4v) is 1.93. The minimum Gasteiger partial charge on any atom is -0.421 e. The van der Waals surface area contributed by atoms with Crippen molar-refractivity contribution in [2.75, 3.05) is 5.73 Å². The molecular weight excluding hydrogens is 240 g/mol.